The van der Waals surface area contributed by atoms with Crippen molar-refractivity contribution in [2.75, 3.05) is 0 Å². The summed E-state index contributed by atoms with van der Waals surface area (Å²) in [6.07, 6.45) is 1.39. The number of hydrogen-bond acceptors (Lipinski definition) is 2. The summed E-state index contributed by atoms with van der Waals surface area (Å²) in [5.74, 6) is -0.747. The fraction of sp³-hybridized carbons (Fsp3) is 0.300. The molecule has 0 saturated heterocycles. The Morgan fingerprint density at radius 1 is 1.43 bits per heavy atom. The van der Waals surface area contributed by atoms with Crippen molar-refractivity contribution in [2.45, 2.75) is 19.3 Å². The lowest BCUT2D eigenvalue weighted by molar-refractivity contribution is -0.137. The summed E-state index contributed by atoms with van der Waals surface area (Å²) in [5, 5.41) is 17.9. The Morgan fingerprint density at radius 2 is 2.14 bits per heavy atom. The largest absolute Gasteiger partial charge is 0.506 e. The molecule has 0 saturated carbocycles. The van der Waals surface area contributed by atoms with Gasteiger partial charge in [-0.05, 0) is 30.5 Å². The van der Waals surface area contributed by atoms with Crippen LogP contribution in [0.4, 0.5) is 0 Å². The molecule has 0 heterocycles. The summed E-state index contributed by atoms with van der Waals surface area (Å²) in [6.45, 7) is 0. The van der Waals surface area contributed by atoms with Crippen LogP contribution >= 0.6 is 11.6 Å². The van der Waals surface area contributed by atoms with Gasteiger partial charge in [0.15, 0.2) is 0 Å². The molecule has 0 radical (unpaired) electrons. The molecular weight excluding hydrogens is 204 g/mol. The lowest BCUT2D eigenvalue weighted by atomic mass is 10.1. The first-order chi connectivity index (χ1) is 6.59. The quantitative estimate of drug-likeness (QED) is 0.810. The van der Waals surface area contributed by atoms with Crippen molar-refractivity contribution in [3.05, 3.63) is 28.8 Å². The molecule has 0 amide bonds. The second kappa shape index (κ2) is 4.86. The molecule has 76 valence electrons. The Balaban J connectivity index is 2.51. The summed E-state index contributed by atoms with van der Waals surface area (Å²) in [4.78, 5) is 10.2. The van der Waals surface area contributed by atoms with E-state index in [1.807, 2.05) is 0 Å². The third-order valence-corrected chi connectivity index (χ3v) is 2.17. The van der Waals surface area contributed by atoms with Gasteiger partial charge in [-0.2, -0.15) is 0 Å². The highest BCUT2D eigenvalue weighted by Crippen LogP contribution is 2.24. The highest BCUT2D eigenvalue weighted by atomic mass is 35.5. The first-order valence-corrected chi connectivity index (χ1v) is 4.66. The fourth-order valence-electron chi connectivity index (χ4n) is 1.15. The molecule has 3 nitrogen and oxygen atoms in total. The molecule has 14 heavy (non-hydrogen) atoms. The molecule has 0 fully saturated rings. The lowest BCUT2D eigenvalue weighted by Gasteiger charge is -2.01. The van der Waals surface area contributed by atoms with E-state index in [-0.39, 0.29) is 12.2 Å². The van der Waals surface area contributed by atoms with Crippen LogP contribution in [-0.2, 0) is 11.2 Å². The van der Waals surface area contributed by atoms with Crippen LogP contribution in [0, 0.1) is 0 Å². The van der Waals surface area contributed by atoms with E-state index >= 15 is 0 Å². The third-order valence-electron chi connectivity index (χ3n) is 1.87. The molecule has 1 aromatic carbocycles. The minimum Gasteiger partial charge on any atom is -0.506 e. The van der Waals surface area contributed by atoms with Crippen LogP contribution in [0.3, 0.4) is 0 Å². The lowest BCUT2D eigenvalue weighted by Crippen LogP contribution is -1.95. The smallest absolute Gasteiger partial charge is 0.303 e. The minimum absolute atomic E-state index is 0.0497. The van der Waals surface area contributed by atoms with Crippen molar-refractivity contribution in [1.29, 1.82) is 0 Å². The molecule has 1 aromatic rings. The number of hydrogen-bond donors (Lipinski definition) is 2. The van der Waals surface area contributed by atoms with Gasteiger partial charge in [-0.25, -0.2) is 0 Å². The van der Waals surface area contributed by atoms with Gasteiger partial charge in [0.25, 0.3) is 0 Å². The molecule has 0 aliphatic heterocycles. The molecule has 0 unspecified atom stereocenters. The van der Waals surface area contributed by atoms with Gasteiger partial charge in [0.2, 0.25) is 0 Å². The Morgan fingerprint density at radius 3 is 2.71 bits per heavy atom. The van der Waals surface area contributed by atoms with Crippen LogP contribution in [0.15, 0.2) is 18.2 Å². The summed E-state index contributed by atoms with van der Waals surface area (Å²) in [7, 11) is 0. The minimum atomic E-state index is -0.796. The van der Waals surface area contributed by atoms with E-state index in [0.29, 0.717) is 17.9 Å². The second-order valence-corrected chi connectivity index (χ2v) is 3.44. The van der Waals surface area contributed by atoms with Crippen molar-refractivity contribution in [1.82, 2.24) is 0 Å². The van der Waals surface area contributed by atoms with Crippen molar-refractivity contribution in [2.24, 2.45) is 0 Å². The maximum absolute atomic E-state index is 10.2. The first-order valence-electron chi connectivity index (χ1n) is 4.29. The maximum atomic E-state index is 10.2. The van der Waals surface area contributed by atoms with E-state index < -0.39 is 5.97 Å². The van der Waals surface area contributed by atoms with Gasteiger partial charge in [-0.1, -0.05) is 17.7 Å². The summed E-state index contributed by atoms with van der Waals surface area (Å²) < 4.78 is 0. The molecule has 0 aliphatic rings. The number of phenolic OH excluding ortho intramolecular Hbond substituents is 1. The second-order valence-electron chi connectivity index (χ2n) is 3.03. The highest BCUT2D eigenvalue weighted by Gasteiger charge is 2.01. The Bertz CT molecular complexity index is 336. The number of aryl methyl sites for hydroxylation is 1. The van der Waals surface area contributed by atoms with Crippen LogP contribution < -0.4 is 0 Å². The van der Waals surface area contributed by atoms with Crippen LogP contribution in [-0.4, -0.2) is 16.2 Å². The van der Waals surface area contributed by atoms with E-state index in [1.165, 1.54) is 6.07 Å². The number of halogens is 1. The van der Waals surface area contributed by atoms with Gasteiger partial charge >= 0.3 is 5.97 Å². The van der Waals surface area contributed by atoms with Gasteiger partial charge in [0.1, 0.15) is 5.75 Å². The van der Waals surface area contributed by atoms with Gasteiger partial charge < -0.3 is 10.2 Å². The van der Waals surface area contributed by atoms with Gasteiger partial charge in [0, 0.05) is 6.42 Å². The van der Waals surface area contributed by atoms with E-state index in [4.69, 9.17) is 21.8 Å². The van der Waals surface area contributed by atoms with Crippen LogP contribution in [0.1, 0.15) is 18.4 Å². The van der Waals surface area contributed by atoms with E-state index in [1.54, 1.807) is 12.1 Å². The molecule has 4 heteroatoms. The molecular formula is C10H11ClO3. The molecule has 0 aromatic heterocycles. The summed E-state index contributed by atoms with van der Waals surface area (Å²) in [6, 6.07) is 4.90. The van der Waals surface area contributed by atoms with Crippen LogP contribution in [0.5, 0.6) is 5.75 Å². The average Bonchev–Trinajstić information content (AvgIpc) is 2.10. The van der Waals surface area contributed by atoms with Crippen molar-refractivity contribution < 1.29 is 15.0 Å². The van der Waals surface area contributed by atoms with Gasteiger partial charge in [0.05, 0.1) is 5.02 Å². The van der Waals surface area contributed by atoms with E-state index in [2.05, 4.69) is 0 Å². The van der Waals surface area contributed by atoms with Crippen molar-refractivity contribution >= 4 is 17.6 Å². The number of carboxylic acids is 1. The highest BCUT2D eigenvalue weighted by molar-refractivity contribution is 6.32. The predicted molar refractivity (Wildman–Crippen MR) is 53.7 cm³/mol. The average molecular weight is 215 g/mol. The molecule has 2 N–H and O–H groups in total. The Labute approximate surface area is 86.9 Å². The molecule has 0 spiro atoms. The maximum Gasteiger partial charge on any atom is 0.303 e. The van der Waals surface area contributed by atoms with Crippen LogP contribution in [0.2, 0.25) is 5.02 Å². The monoisotopic (exact) mass is 214 g/mol. The molecule has 0 atom stereocenters. The molecule has 0 aliphatic carbocycles. The number of rotatable bonds is 4. The van der Waals surface area contributed by atoms with E-state index in [0.717, 1.165) is 5.56 Å². The normalized spacial score (nSPS) is 10.1. The Hall–Kier alpha value is -1.22. The van der Waals surface area contributed by atoms with Gasteiger partial charge in [-0.3, -0.25) is 4.79 Å². The fourth-order valence-corrected chi connectivity index (χ4v) is 1.35. The van der Waals surface area contributed by atoms with Crippen molar-refractivity contribution in [3.8, 4) is 5.75 Å². The zero-order chi connectivity index (χ0) is 10.6. The molecule has 1 rings (SSSR count). The zero-order valence-electron chi connectivity index (χ0n) is 7.53. The topological polar surface area (TPSA) is 57.5 Å². The van der Waals surface area contributed by atoms with Crippen molar-refractivity contribution in [3.63, 3.8) is 0 Å². The van der Waals surface area contributed by atoms with Crippen LogP contribution in [0.25, 0.3) is 0 Å². The number of aliphatic carboxylic acids is 1. The zero-order valence-corrected chi connectivity index (χ0v) is 8.29. The first kappa shape index (κ1) is 10.9. The van der Waals surface area contributed by atoms with Gasteiger partial charge in [-0.15, -0.1) is 0 Å². The number of carbonyl (C=O) groups is 1. The van der Waals surface area contributed by atoms with E-state index in [9.17, 15) is 4.79 Å². The third kappa shape index (κ3) is 3.26. The number of aromatic hydroxyl groups is 1. The standard InChI is InChI=1S/C10H11ClO3/c11-8-6-7(4-5-9(8)12)2-1-3-10(13)14/h4-6,12H,1-3H2,(H,13,14). The molecule has 0 bridgehead atoms. The summed E-state index contributed by atoms with van der Waals surface area (Å²) in [5.41, 5.74) is 0.939. The SMILES string of the molecule is O=C(O)CCCc1ccc(O)c(Cl)c1. The number of carboxylic acid groups (broad SMARTS) is 1. The number of phenols is 1. The number of benzene rings is 1. The Kier molecular flexibility index (Phi) is 3.77. The predicted octanol–water partition coefficient (Wildman–Crippen LogP) is 2.45. The summed E-state index contributed by atoms with van der Waals surface area (Å²) >= 11 is 5.69.